The Morgan fingerprint density at radius 3 is 3.05 bits per heavy atom. The predicted molar refractivity (Wildman–Crippen MR) is 73.0 cm³/mol. The van der Waals surface area contributed by atoms with Crippen molar-refractivity contribution in [2.45, 2.75) is 12.5 Å². The normalized spacial score (nSPS) is 17.1. The molecule has 104 valence electrons. The van der Waals surface area contributed by atoms with Crippen molar-refractivity contribution in [1.29, 1.82) is 0 Å². The summed E-state index contributed by atoms with van der Waals surface area (Å²) in [6.07, 6.45) is -0.281. The van der Waals surface area contributed by atoms with E-state index in [4.69, 9.17) is 9.47 Å². The summed E-state index contributed by atoms with van der Waals surface area (Å²) in [5.41, 5.74) is 1.33. The van der Waals surface area contributed by atoms with Crippen molar-refractivity contribution < 1.29 is 14.3 Å². The molecule has 6 heteroatoms. The second-order valence-electron chi connectivity index (χ2n) is 4.54. The lowest BCUT2D eigenvalue weighted by molar-refractivity contribution is 0.0721. The molecule has 0 radical (unpaired) electrons. The van der Waals surface area contributed by atoms with Gasteiger partial charge in [-0.15, -0.1) is 0 Å². The number of carbonyl (C=O) groups is 1. The molecule has 0 bridgehead atoms. The third-order valence-electron chi connectivity index (χ3n) is 3.32. The van der Waals surface area contributed by atoms with Gasteiger partial charge in [0.2, 0.25) is 5.56 Å². The Hall–Kier alpha value is -2.50. The Morgan fingerprint density at radius 2 is 2.25 bits per heavy atom. The molecule has 20 heavy (non-hydrogen) atoms. The van der Waals surface area contributed by atoms with Gasteiger partial charge < -0.3 is 19.8 Å². The van der Waals surface area contributed by atoms with Gasteiger partial charge in [-0.3, -0.25) is 4.79 Å². The van der Waals surface area contributed by atoms with Crippen molar-refractivity contribution in [3.8, 4) is 5.75 Å². The quantitative estimate of drug-likeness (QED) is 0.829. The molecule has 2 aromatic rings. The number of aromatic nitrogens is 1. The van der Waals surface area contributed by atoms with Gasteiger partial charge in [0.1, 0.15) is 11.9 Å². The van der Waals surface area contributed by atoms with Gasteiger partial charge in [0, 0.05) is 36.0 Å². The van der Waals surface area contributed by atoms with Crippen LogP contribution in [0.15, 0.2) is 29.1 Å². The average molecular weight is 274 g/mol. The fraction of sp³-hybridized carbons (Fsp3) is 0.286. The zero-order chi connectivity index (χ0) is 14.1. The van der Waals surface area contributed by atoms with E-state index in [9.17, 15) is 9.59 Å². The lowest BCUT2D eigenvalue weighted by Gasteiger charge is -2.26. The number of benzene rings is 1. The van der Waals surface area contributed by atoms with E-state index in [-0.39, 0.29) is 11.7 Å². The second-order valence-corrected chi connectivity index (χ2v) is 4.54. The van der Waals surface area contributed by atoms with Crippen LogP contribution in [0.4, 0.5) is 4.79 Å². The van der Waals surface area contributed by atoms with Crippen LogP contribution in [0.25, 0.3) is 10.9 Å². The molecule has 1 aliphatic heterocycles. The highest BCUT2D eigenvalue weighted by molar-refractivity contribution is 5.85. The first-order valence-corrected chi connectivity index (χ1v) is 6.36. The Bertz CT molecular complexity index is 723. The number of carbonyl (C=O) groups excluding carboxylic acids is 1. The number of hydrogen-bond donors (Lipinski definition) is 2. The molecule has 1 aromatic carbocycles. The van der Waals surface area contributed by atoms with Crippen LogP contribution in [0.2, 0.25) is 0 Å². The summed E-state index contributed by atoms with van der Waals surface area (Å²) in [6, 6.07) is 6.75. The van der Waals surface area contributed by atoms with Crippen LogP contribution in [0, 0.1) is 0 Å². The summed E-state index contributed by atoms with van der Waals surface area (Å²) < 4.78 is 11.0. The molecule has 2 heterocycles. The standard InChI is InChI=1S/C14H14N2O4/c1-15-14(18)20-11-6-7-19-10-4-3-9-8(13(10)11)2-5-12(17)16-9/h2-5,11H,6-7H2,1H3,(H,15,18)(H,16,17). The third-order valence-corrected chi connectivity index (χ3v) is 3.32. The van der Waals surface area contributed by atoms with Crippen LogP contribution in [0.3, 0.4) is 0 Å². The number of fused-ring (bicyclic) bond motifs is 3. The highest BCUT2D eigenvalue weighted by Gasteiger charge is 2.27. The molecule has 0 spiro atoms. The van der Waals surface area contributed by atoms with Gasteiger partial charge in [-0.25, -0.2) is 4.79 Å². The van der Waals surface area contributed by atoms with E-state index in [0.717, 1.165) is 10.9 Å². The number of pyridine rings is 1. The molecular formula is C14H14N2O4. The number of H-pyrrole nitrogens is 1. The van der Waals surface area contributed by atoms with E-state index >= 15 is 0 Å². The van der Waals surface area contributed by atoms with Gasteiger partial charge in [0.05, 0.1) is 6.61 Å². The molecule has 1 amide bonds. The zero-order valence-corrected chi connectivity index (χ0v) is 10.9. The van der Waals surface area contributed by atoms with E-state index in [0.29, 0.717) is 24.3 Å². The van der Waals surface area contributed by atoms with Crippen LogP contribution in [0.5, 0.6) is 5.75 Å². The molecule has 2 N–H and O–H groups in total. The Labute approximate surface area is 114 Å². The maximum absolute atomic E-state index is 11.4. The Balaban J connectivity index is 2.14. The molecule has 0 saturated carbocycles. The van der Waals surface area contributed by atoms with Crippen molar-refractivity contribution >= 4 is 17.0 Å². The largest absolute Gasteiger partial charge is 0.493 e. The van der Waals surface area contributed by atoms with E-state index in [1.54, 1.807) is 18.2 Å². The molecule has 0 saturated heterocycles. The second kappa shape index (κ2) is 4.88. The van der Waals surface area contributed by atoms with Crippen LogP contribution in [-0.4, -0.2) is 24.7 Å². The van der Waals surface area contributed by atoms with E-state index in [1.165, 1.54) is 13.1 Å². The smallest absolute Gasteiger partial charge is 0.407 e. The third kappa shape index (κ3) is 2.09. The highest BCUT2D eigenvalue weighted by Crippen LogP contribution is 2.38. The monoisotopic (exact) mass is 274 g/mol. The molecule has 6 nitrogen and oxygen atoms in total. The van der Waals surface area contributed by atoms with Crippen LogP contribution >= 0.6 is 0 Å². The number of amides is 1. The van der Waals surface area contributed by atoms with Crippen LogP contribution in [-0.2, 0) is 4.74 Å². The first kappa shape index (κ1) is 12.5. The number of aromatic amines is 1. The highest BCUT2D eigenvalue weighted by atomic mass is 16.6. The van der Waals surface area contributed by atoms with Gasteiger partial charge in [-0.1, -0.05) is 0 Å². The van der Waals surface area contributed by atoms with Gasteiger partial charge in [0.15, 0.2) is 0 Å². The summed E-state index contributed by atoms with van der Waals surface area (Å²) in [6.45, 7) is 0.490. The lowest BCUT2D eigenvalue weighted by Crippen LogP contribution is -2.25. The van der Waals surface area contributed by atoms with Crippen molar-refractivity contribution in [3.05, 3.63) is 40.2 Å². The van der Waals surface area contributed by atoms with E-state index in [2.05, 4.69) is 10.3 Å². The number of hydrogen-bond acceptors (Lipinski definition) is 4. The first-order valence-electron chi connectivity index (χ1n) is 6.36. The van der Waals surface area contributed by atoms with Crippen molar-refractivity contribution in [2.75, 3.05) is 13.7 Å². The molecule has 0 aliphatic carbocycles. The number of ether oxygens (including phenoxy) is 2. The maximum Gasteiger partial charge on any atom is 0.407 e. The van der Waals surface area contributed by atoms with Crippen LogP contribution < -0.4 is 15.6 Å². The van der Waals surface area contributed by atoms with Crippen molar-refractivity contribution in [3.63, 3.8) is 0 Å². The fourth-order valence-corrected chi connectivity index (χ4v) is 2.42. The number of alkyl carbamates (subject to hydrolysis) is 1. The molecular weight excluding hydrogens is 260 g/mol. The van der Waals surface area contributed by atoms with Gasteiger partial charge >= 0.3 is 6.09 Å². The Kier molecular flexibility index (Phi) is 3.06. The molecule has 1 atom stereocenters. The molecule has 1 aromatic heterocycles. The van der Waals surface area contributed by atoms with Gasteiger partial charge in [-0.05, 0) is 18.2 Å². The summed E-state index contributed by atoms with van der Waals surface area (Å²) in [5, 5.41) is 3.27. The predicted octanol–water partition coefficient (Wildman–Crippen LogP) is 1.71. The minimum absolute atomic E-state index is 0.169. The molecule has 1 unspecified atom stereocenters. The SMILES string of the molecule is CNC(=O)OC1CCOc2ccc3[nH]c(=O)ccc3c21. The van der Waals surface area contributed by atoms with Crippen molar-refractivity contribution in [2.24, 2.45) is 0 Å². The minimum atomic E-state index is -0.482. The summed E-state index contributed by atoms with van der Waals surface area (Å²) in [7, 11) is 1.52. The minimum Gasteiger partial charge on any atom is -0.493 e. The lowest BCUT2D eigenvalue weighted by atomic mass is 9.98. The summed E-state index contributed by atoms with van der Waals surface area (Å²) in [5.74, 6) is 0.685. The molecule has 3 rings (SSSR count). The Morgan fingerprint density at radius 1 is 1.40 bits per heavy atom. The van der Waals surface area contributed by atoms with Crippen LogP contribution in [0.1, 0.15) is 18.1 Å². The topological polar surface area (TPSA) is 80.4 Å². The molecule has 0 fully saturated rings. The zero-order valence-electron chi connectivity index (χ0n) is 10.9. The van der Waals surface area contributed by atoms with Gasteiger partial charge in [0.25, 0.3) is 0 Å². The first-order chi connectivity index (χ1) is 9.69. The van der Waals surface area contributed by atoms with Crippen molar-refractivity contribution in [1.82, 2.24) is 10.3 Å². The number of rotatable bonds is 1. The average Bonchev–Trinajstić information content (AvgIpc) is 2.46. The number of nitrogens with one attached hydrogen (secondary N) is 2. The van der Waals surface area contributed by atoms with E-state index < -0.39 is 6.09 Å². The fourth-order valence-electron chi connectivity index (χ4n) is 2.42. The maximum atomic E-state index is 11.4. The van der Waals surface area contributed by atoms with Gasteiger partial charge in [-0.2, -0.15) is 0 Å². The molecule has 1 aliphatic rings. The summed E-state index contributed by atoms with van der Waals surface area (Å²) >= 11 is 0. The summed E-state index contributed by atoms with van der Waals surface area (Å²) in [4.78, 5) is 25.6. The van der Waals surface area contributed by atoms with E-state index in [1.807, 2.05) is 0 Å².